The number of rotatable bonds is 5. The summed E-state index contributed by atoms with van der Waals surface area (Å²) in [5, 5.41) is 12.2. The van der Waals surface area contributed by atoms with Gasteiger partial charge in [-0.05, 0) is 50.9 Å². The maximum atomic E-state index is 12.3. The lowest BCUT2D eigenvalue weighted by atomic mass is 9.89. The molecule has 0 aromatic heterocycles. The number of nitrogens with one attached hydrogen (secondary N) is 1. The Morgan fingerprint density at radius 2 is 1.88 bits per heavy atom. The van der Waals surface area contributed by atoms with E-state index >= 15 is 0 Å². The molecule has 2 aliphatic heterocycles. The highest BCUT2D eigenvalue weighted by Gasteiger charge is 2.35. The van der Waals surface area contributed by atoms with Crippen molar-refractivity contribution in [2.24, 2.45) is 0 Å². The summed E-state index contributed by atoms with van der Waals surface area (Å²) < 4.78 is 0. The second-order valence-electron chi connectivity index (χ2n) is 7.25. The van der Waals surface area contributed by atoms with Crippen LogP contribution in [-0.2, 0) is 9.59 Å². The standard InChI is InChI=1S/C19H27N3O3/c1-21-12-16(11-17(21)19(24)25)20-18(23)13-22-9-7-15(8-10-22)14-5-3-2-4-6-14/h2-6,15-17H,7-13H2,1H3,(H,20,23)(H,24,25)/t16-,17-/m0/s1. The fourth-order valence-corrected chi connectivity index (χ4v) is 4.02. The van der Waals surface area contributed by atoms with Crippen molar-refractivity contribution in [2.45, 2.75) is 37.3 Å². The van der Waals surface area contributed by atoms with Crippen LogP contribution in [0, 0.1) is 0 Å². The summed E-state index contributed by atoms with van der Waals surface area (Å²) in [5.74, 6) is -0.231. The van der Waals surface area contributed by atoms with Gasteiger partial charge in [0.05, 0.1) is 6.54 Å². The van der Waals surface area contributed by atoms with E-state index in [0.29, 0.717) is 25.4 Å². The number of aliphatic carboxylic acids is 1. The molecule has 2 fully saturated rings. The Kier molecular flexibility index (Phi) is 5.71. The van der Waals surface area contributed by atoms with Gasteiger partial charge in [-0.2, -0.15) is 0 Å². The van der Waals surface area contributed by atoms with Gasteiger partial charge in [0.2, 0.25) is 5.91 Å². The van der Waals surface area contributed by atoms with E-state index < -0.39 is 12.0 Å². The van der Waals surface area contributed by atoms with Crippen LogP contribution in [0.15, 0.2) is 30.3 Å². The summed E-state index contributed by atoms with van der Waals surface area (Å²) in [6, 6.07) is 10.0. The van der Waals surface area contributed by atoms with Crippen LogP contribution in [0.2, 0.25) is 0 Å². The smallest absolute Gasteiger partial charge is 0.320 e. The number of carbonyl (C=O) groups excluding carboxylic acids is 1. The van der Waals surface area contributed by atoms with Crippen LogP contribution in [0.25, 0.3) is 0 Å². The minimum Gasteiger partial charge on any atom is -0.480 e. The number of carboxylic acid groups (broad SMARTS) is 1. The first-order valence-corrected chi connectivity index (χ1v) is 9.02. The van der Waals surface area contributed by atoms with Crippen molar-refractivity contribution >= 4 is 11.9 Å². The third-order valence-electron chi connectivity index (χ3n) is 5.42. The van der Waals surface area contributed by atoms with E-state index in [-0.39, 0.29) is 11.9 Å². The third-order valence-corrected chi connectivity index (χ3v) is 5.42. The van der Waals surface area contributed by atoms with Gasteiger partial charge in [0.25, 0.3) is 0 Å². The van der Waals surface area contributed by atoms with Crippen molar-refractivity contribution in [1.82, 2.24) is 15.1 Å². The van der Waals surface area contributed by atoms with Crippen molar-refractivity contribution < 1.29 is 14.7 Å². The number of amides is 1. The molecule has 1 aromatic carbocycles. The summed E-state index contributed by atoms with van der Waals surface area (Å²) in [6.45, 7) is 2.85. The molecule has 3 rings (SSSR count). The van der Waals surface area contributed by atoms with Crippen LogP contribution >= 0.6 is 0 Å². The second-order valence-corrected chi connectivity index (χ2v) is 7.25. The summed E-state index contributed by atoms with van der Waals surface area (Å²) >= 11 is 0. The quantitative estimate of drug-likeness (QED) is 0.837. The monoisotopic (exact) mass is 345 g/mol. The van der Waals surface area contributed by atoms with Crippen molar-refractivity contribution in [3.8, 4) is 0 Å². The van der Waals surface area contributed by atoms with Gasteiger partial charge in [-0.25, -0.2) is 0 Å². The zero-order valence-electron chi connectivity index (χ0n) is 14.7. The number of piperidine rings is 1. The van der Waals surface area contributed by atoms with Gasteiger partial charge in [0, 0.05) is 12.6 Å². The van der Waals surface area contributed by atoms with Gasteiger partial charge >= 0.3 is 5.97 Å². The average Bonchev–Trinajstić information content (AvgIpc) is 2.96. The molecule has 0 bridgehead atoms. The lowest BCUT2D eigenvalue weighted by Gasteiger charge is -2.32. The predicted octanol–water partition coefficient (Wildman–Crippen LogP) is 1.14. The molecular formula is C19H27N3O3. The largest absolute Gasteiger partial charge is 0.480 e. The maximum absolute atomic E-state index is 12.3. The minimum absolute atomic E-state index is 0.00241. The maximum Gasteiger partial charge on any atom is 0.320 e. The molecular weight excluding hydrogens is 318 g/mol. The topological polar surface area (TPSA) is 72.9 Å². The van der Waals surface area contributed by atoms with Crippen LogP contribution in [0.4, 0.5) is 0 Å². The molecule has 25 heavy (non-hydrogen) atoms. The number of carbonyl (C=O) groups is 2. The van der Waals surface area contributed by atoms with Gasteiger partial charge in [-0.3, -0.25) is 19.4 Å². The van der Waals surface area contributed by atoms with Gasteiger partial charge in [-0.15, -0.1) is 0 Å². The van der Waals surface area contributed by atoms with Gasteiger partial charge in [-0.1, -0.05) is 30.3 Å². The first-order chi connectivity index (χ1) is 12.0. The Bertz CT molecular complexity index is 599. The van der Waals surface area contributed by atoms with Crippen LogP contribution < -0.4 is 5.32 Å². The first kappa shape index (κ1) is 17.9. The van der Waals surface area contributed by atoms with Crippen molar-refractivity contribution in [2.75, 3.05) is 33.2 Å². The Labute approximate surface area is 148 Å². The number of benzene rings is 1. The van der Waals surface area contributed by atoms with Gasteiger partial charge < -0.3 is 10.4 Å². The van der Waals surface area contributed by atoms with Gasteiger partial charge in [0.15, 0.2) is 0 Å². The molecule has 0 spiro atoms. The SMILES string of the molecule is CN1C[C@@H](NC(=O)CN2CCC(c3ccccc3)CC2)C[C@H]1C(=O)O. The summed E-state index contributed by atoms with van der Waals surface area (Å²) in [7, 11) is 1.79. The van der Waals surface area contributed by atoms with Crippen molar-refractivity contribution in [3.63, 3.8) is 0 Å². The van der Waals surface area contributed by atoms with E-state index in [2.05, 4.69) is 34.5 Å². The molecule has 2 atom stereocenters. The molecule has 2 heterocycles. The van der Waals surface area contributed by atoms with E-state index in [9.17, 15) is 9.59 Å². The molecule has 0 aliphatic carbocycles. The van der Waals surface area contributed by atoms with Crippen molar-refractivity contribution in [1.29, 1.82) is 0 Å². The molecule has 6 nitrogen and oxygen atoms in total. The van der Waals surface area contributed by atoms with Crippen LogP contribution in [-0.4, -0.2) is 72.1 Å². The third kappa shape index (κ3) is 4.58. The molecule has 0 radical (unpaired) electrons. The average molecular weight is 345 g/mol. The normalized spacial score (nSPS) is 25.8. The molecule has 136 valence electrons. The van der Waals surface area contributed by atoms with Crippen LogP contribution in [0.3, 0.4) is 0 Å². The highest BCUT2D eigenvalue weighted by atomic mass is 16.4. The highest BCUT2D eigenvalue weighted by molar-refractivity contribution is 5.79. The number of hydrogen-bond acceptors (Lipinski definition) is 4. The Morgan fingerprint density at radius 3 is 2.48 bits per heavy atom. The number of carboxylic acids is 1. The molecule has 2 aliphatic rings. The number of nitrogens with zero attached hydrogens (tertiary/aromatic N) is 2. The first-order valence-electron chi connectivity index (χ1n) is 9.02. The zero-order valence-corrected chi connectivity index (χ0v) is 14.7. The molecule has 0 unspecified atom stereocenters. The van der Waals surface area contributed by atoms with Crippen LogP contribution in [0.5, 0.6) is 0 Å². The molecule has 2 N–H and O–H groups in total. The van der Waals surface area contributed by atoms with Crippen molar-refractivity contribution in [3.05, 3.63) is 35.9 Å². The lowest BCUT2D eigenvalue weighted by Crippen LogP contribution is -2.45. The van der Waals surface area contributed by atoms with E-state index in [4.69, 9.17) is 5.11 Å². The fourth-order valence-electron chi connectivity index (χ4n) is 4.02. The summed E-state index contributed by atoms with van der Waals surface area (Å²) in [6.07, 6.45) is 2.63. The Hall–Kier alpha value is -1.92. The number of likely N-dealkylation sites (N-methyl/N-ethyl adjacent to an activating group) is 1. The Balaban J connectivity index is 1.42. The molecule has 1 amide bonds. The zero-order chi connectivity index (χ0) is 17.8. The number of hydrogen-bond donors (Lipinski definition) is 2. The Morgan fingerprint density at radius 1 is 1.20 bits per heavy atom. The van der Waals surface area contributed by atoms with Crippen LogP contribution in [0.1, 0.15) is 30.7 Å². The van der Waals surface area contributed by atoms with Gasteiger partial charge in [0.1, 0.15) is 6.04 Å². The molecule has 1 aromatic rings. The van der Waals surface area contributed by atoms with E-state index in [1.165, 1.54) is 5.56 Å². The highest BCUT2D eigenvalue weighted by Crippen LogP contribution is 2.27. The van der Waals surface area contributed by atoms with E-state index in [1.807, 2.05) is 6.07 Å². The molecule has 6 heteroatoms. The van der Waals surface area contributed by atoms with E-state index in [0.717, 1.165) is 25.9 Å². The fraction of sp³-hybridized carbons (Fsp3) is 0.579. The summed E-state index contributed by atoms with van der Waals surface area (Å²) in [4.78, 5) is 27.4. The minimum atomic E-state index is -0.817. The summed E-state index contributed by atoms with van der Waals surface area (Å²) in [5.41, 5.74) is 1.39. The lowest BCUT2D eigenvalue weighted by molar-refractivity contribution is -0.141. The predicted molar refractivity (Wildman–Crippen MR) is 95.5 cm³/mol. The van der Waals surface area contributed by atoms with E-state index in [1.54, 1.807) is 11.9 Å². The second kappa shape index (κ2) is 7.97. The molecule has 0 saturated carbocycles. The number of likely N-dealkylation sites (tertiary alicyclic amines) is 2. The molecule has 2 saturated heterocycles.